The number of nitrogens with one attached hydrogen (secondary N) is 1. The molecule has 1 aliphatic rings. The molecule has 0 radical (unpaired) electrons. The quantitative estimate of drug-likeness (QED) is 0.457. The highest BCUT2D eigenvalue weighted by molar-refractivity contribution is 5.97. The number of amides is 1. The molecule has 2 aromatic carbocycles. The van der Waals surface area contributed by atoms with E-state index < -0.39 is 0 Å². The van der Waals surface area contributed by atoms with Crippen molar-refractivity contribution < 1.29 is 9.21 Å². The molecular weight excluding hydrogens is 424 g/mol. The van der Waals surface area contributed by atoms with Crippen LogP contribution in [0.25, 0.3) is 22.4 Å². The number of likely N-dealkylation sites (N-methyl/N-ethyl adjacent to an activating group) is 1. The molecule has 0 bridgehead atoms. The van der Waals surface area contributed by atoms with Gasteiger partial charge in [-0.05, 0) is 68.4 Å². The number of rotatable bonds is 5. The first-order valence-electron chi connectivity index (χ1n) is 11.8. The smallest absolute Gasteiger partial charge is 0.252 e. The molecule has 1 amide bonds. The Morgan fingerprint density at radius 3 is 2.59 bits per heavy atom. The lowest BCUT2D eigenvalue weighted by Crippen LogP contribution is -2.44. The Morgan fingerprint density at radius 1 is 1.03 bits per heavy atom. The van der Waals surface area contributed by atoms with Crippen LogP contribution in [0, 0.1) is 6.92 Å². The monoisotopic (exact) mass is 454 g/mol. The van der Waals surface area contributed by atoms with Gasteiger partial charge in [-0.1, -0.05) is 24.3 Å². The average Bonchev–Trinajstić information content (AvgIpc) is 3.39. The largest absolute Gasteiger partial charge is 0.463 e. The summed E-state index contributed by atoms with van der Waals surface area (Å²) in [5, 5.41) is 4.25. The van der Waals surface area contributed by atoms with E-state index >= 15 is 0 Å². The van der Waals surface area contributed by atoms with Crippen molar-refractivity contribution in [2.45, 2.75) is 19.9 Å². The zero-order valence-electron chi connectivity index (χ0n) is 19.9. The van der Waals surface area contributed by atoms with Crippen molar-refractivity contribution in [2.24, 2.45) is 0 Å². The van der Waals surface area contributed by atoms with Crippen molar-refractivity contribution in [3.63, 3.8) is 0 Å². The second-order valence-corrected chi connectivity index (χ2v) is 9.08. The van der Waals surface area contributed by atoms with E-state index in [0.29, 0.717) is 11.3 Å². The molecule has 0 saturated carbocycles. The van der Waals surface area contributed by atoms with Gasteiger partial charge in [-0.25, -0.2) is 4.98 Å². The van der Waals surface area contributed by atoms with Gasteiger partial charge in [0.2, 0.25) is 0 Å². The normalized spacial score (nSPS) is 15.4. The van der Waals surface area contributed by atoms with Crippen molar-refractivity contribution >= 4 is 22.5 Å². The number of aromatic nitrogens is 1. The molecule has 6 heteroatoms. The number of hydrogen-bond donors (Lipinski definition) is 1. The zero-order chi connectivity index (χ0) is 23.7. The Balaban J connectivity index is 1.43. The molecule has 1 saturated heterocycles. The number of hydrogen-bond acceptors (Lipinski definition) is 5. The predicted octanol–water partition coefficient (Wildman–Crippen LogP) is 5.05. The maximum atomic E-state index is 13.4. The van der Waals surface area contributed by atoms with Crippen molar-refractivity contribution in [1.29, 1.82) is 0 Å². The summed E-state index contributed by atoms with van der Waals surface area (Å²) >= 11 is 0. The lowest BCUT2D eigenvalue weighted by atomic mass is 10.00. The van der Waals surface area contributed by atoms with Crippen LogP contribution in [0.2, 0.25) is 0 Å². The Bertz CT molecular complexity index is 1310. The van der Waals surface area contributed by atoms with Crippen LogP contribution in [0.3, 0.4) is 0 Å². The lowest BCUT2D eigenvalue weighted by Gasteiger charge is -2.34. The van der Waals surface area contributed by atoms with Crippen molar-refractivity contribution in [3.05, 3.63) is 83.6 Å². The number of anilines is 1. The number of carbonyl (C=O) groups excluding carboxylic acids is 1. The van der Waals surface area contributed by atoms with Crippen LogP contribution in [0.1, 0.15) is 34.5 Å². The summed E-state index contributed by atoms with van der Waals surface area (Å²) in [5.74, 6) is 0.641. The number of fused-ring (bicyclic) bond motifs is 1. The molecule has 5 rings (SSSR count). The van der Waals surface area contributed by atoms with E-state index in [9.17, 15) is 4.79 Å². The van der Waals surface area contributed by atoms with Crippen LogP contribution in [0.4, 0.5) is 5.69 Å². The third-order valence-corrected chi connectivity index (χ3v) is 6.67. The summed E-state index contributed by atoms with van der Waals surface area (Å²) in [6.07, 6.45) is 1.65. The van der Waals surface area contributed by atoms with Crippen LogP contribution in [0.5, 0.6) is 0 Å². The van der Waals surface area contributed by atoms with Gasteiger partial charge in [-0.3, -0.25) is 4.79 Å². The Kier molecular flexibility index (Phi) is 6.07. The molecule has 1 atom stereocenters. The number of piperazine rings is 1. The van der Waals surface area contributed by atoms with Gasteiger partial charge in [0, 0.05) is 42.8 Å². The number of aryl methyl sites for hydroxylation is 1. The van der Waals surface area contributed by atoms with Crippen molar-refractivity contribution in [2.75, 3.05) is 38.1 Å². The van der Waals surface area contributed by atoms with Crippen LogP contribution < -0.4 is 10.2 Å². The summed E-state index contributed by atoms with van der Waals surface area (Å²) in [6.45, 7) is 8.00. The molecule has 6 nitrogen and oxygen atoms in total. The van der Waals surface area contributed by atoms with E-state index in [1.165, 1.54) is 0 Å². The molecule has 34 heavy (non-hydrogen) atoms. The molecule has 0 unspecified atom stereocenters. The summed E-state index contributed by atoms with van der Waals surface area (Å²) in [5.41, 5.74) is 5.43. The zero-order valence-corrected chi connectivity index (χ0v) is 19.9. The minimum Gasteiger partial charge on any atom is -0.463 e. The van der Waals surface area contributed by atoms with E-state index in [4.69, 9.17) is 9.40 Å². The highest BCUT2D eigenvalue weighted by Gasteiger charge is 2.20. The van der Waals surface area contributed by atoms with Gasteiger partial charge in [-0.15, -0.1) is 0 Å². The summed E-state index contributed by atoms with van der Waals surface area (Å²) in [7, 11) is 2.15. The minimum atomic E-state index is -0.208. The molecule has 3 heterocycles. The number of carbonyl (C=O) groups is 1. The van der Waals surface area contributed by atoms with Gasteiger partial charge >= 0.3 is 0 Å². The molecule has 0 spiro atoms. The lowest BCUT2D eigenvalue weighted by molar-refractivity contribution is 0.0939. The first-order chi connectivity index (χ1) is 16.5. The standard InChI is InChI=1S/C28H30N4O2/c1-19-10-11-21(32-14-12-31(3)13-15-32)17-23(19)28(33)29-20(2)24-18-26(27-9-6-16-34-27)30-25-8-5-4-7-22(24)25/h4-11,16-18,20H,12-15H2,1-3H3,(H,29,33)/t20-/m1/s1. The van der Waals surface area contributed by atoms with Crippen LogP contribution in [0.15, 0.2) is 71.3 Å². The molecular formula is C28H30N4O2. The van der Waals surface area contributed by atoms with Gasteiger partial charge in [0.05, 0.1) is 17.8 Å². The van der Waals surface area contributed by atoms with E-state index in [1.54, 1.807) is 6.26 Å². The summed E-state index contributed by atoms with van der Waals surface area (Å²) in [4.78, 5) is 22.9. The van der Waals surface area contributed by atoms with Gasteiger partial charge < -0.3 is 19.5 Å². The molecule has 2 aromatic heterocycles. The highest BCUT2D eigenvalue weighted by atomic mass is 16.3. The van der Waals surface area contributed by atoms with Crippen LogP contribution >= 0.6 is 0 Å². The van der Waals surface area contributed by atoms with Crippen molar-refractivity contribution in [3.8, 4) is 11.5 Å². The number of furan rings is 1. The third kappa shape index (κ3) is 4.41. The molecule has 174 valence electrons. The minimum absolute atomic E-state index is 0.0681. The number of benzene rings is 2. The first kappa shape index (κ1) is 22.2. The number of nitrogens with zero attached hydrogens (tertiary/aromatic N) is 3. The van der Waals surface area contributed by atoms with E-state index in [-0.39, 0.29) is 11.9 Å². The van der Waals surface area contributed by atoms with Crippen LogP contribution in [-0.4, -0.2) is 49.0 Å². The van der Waals surface area contributed by atoms with E-state index in [2.05, 4.69) is 28.2 Å². The van der Waals surface area contributed by atoms with E-state index in [1.807, 2.05) is 68.4 Å². The van der Waals surface area contributed by atoms with Gasteiger partial charge in [0.1, 0.15) is 5.69 Å². The first-order valence-corrected chi connectivity index (χ1v) is 11.8. The second-order valence-electron chi connectivity index (χ2n) is 9.08. The second kappa shape index (κ2) is 9.31. The maximum absolute atomic E-state index is 13.4. The predicted molar refractivity (Wildman–Crippen MR) is 136 cm³/mol. The topological polar surface area (TPSA) is 61.6 Å². The number of para-hydroxylation sites is 1. The van der Waals surface area contributed by atoms with Crippen LogP contribution in [-0.2, 0) is 0 Å². The highest BCUT2D eigenvalue weighted by Crippen LogP contribution is 2.29. The Labute approximate surface area is 200 Å². The summed E-state index contributed by atoms with van der Waals surface area (Å²) in [6, 6.07) is 19.8. The number of pyridine rings is 1. The fourth-order valence-corrected chi connectivity index (χ4v) is 4.58. The Hall–Kier alpha value is -3.64. The fourth-order valence-electron chi connectivity index (χ4n) is 4.58. The van der Waals surface area contributed by atoms with Gasteiger partial charge in [0.15, 0.2) is 5.76 Å². The molecule has 1 aliphatic heterocycles. The summed E-state index contributed by atoms with van der Waals surface area (Å²) < 4.78 is 5.59. The van der Waals surface area contributed by atoms with E-state index in [0.717, 1.165) is 59.6 Å². The molecule has 4 aromatic rings. The van der Waals surface area contributed by atoms with Gasteiger partial charge in [0.25, 0.3) is 5.91 Å². The molecule has 0 aliphatic carbocycles. The molecule has 1 fully saturated rings. The SMILES string of the molecule is Cc1ccc(N2CCN(C)CC2)cc1C(=O)N[C@H](C)c1cc(-c2ccco2)nc2ccccc12. The van der Waals surface area contributed by atoms with Gasteiger partial charge in [-0.2, -0.15) is 0 Å². The molecule has 1 N–H and O–H groups in total. The average molecular weight is 455 g/mol. The third-order valence-electron chi connectivity index (χ3n) is 6.67. The fraction of sp³-hybridized carbons (Fsp3) is 0.286. The Morgan fingerprint density at radius 2 is 1.82 bits per heavy atom. The maximum Gasteiger partial charge on any atom is 0.252 e. The van der Waals surface area contributed by atoms with Crippen molar-refractivity contribution in [1.82, 2.24) is 15.2 Å².